The van der Waals surface area contributed by atoms with E-state index in [-0.39, 0.29) is 5.91 Å². The van der Waals surface area contributed by atoms with Gasteiger partial charge in [-0.05, 0) is 45.0 Å². The van der Waals surface area contributed by atoms with E-state index >= 15 is 0 Å². The summed E-state index contributed by atoms with van der Waals surface area (Å²) in [5.41, 5.74) is 2.35. The maximum Gasteiger partial charge on any atom is 0.253 e. The van der Waals surface area contributed by atoms with Gasteiger partial charge in [-0.3, -0.25) is 9.78 Å². The van der Waals surface area contributed by atoms with E-state index in [2.05, 4.69) is 34.0 Å². The van der Waals surface area contributed by atoms with Crippen LogP contribution < -0.4 is 10.2 Å². The molecule has 0 aliphatic carbocycles. The monoisotopic (exact) mass is 298 g/mol. The number of anilines is 1. The van der Waals surface area contributed by atoms with Crippen LogP contribution in [0.3, 0.4) is 0 Å². The van der Waals surface area contributed by atoms with Gasteiger partial charge >= 0.3 is 0 Å². The zero-order valence-electron chi connectivity index (χ0n) is 13.3. The topological polar surface area (TPSA) is 58.1 Å². The van der Waals surface area contributed by atoms with Gasteiger partial charge in [0.15, 0.2) is 0 Å². The number of nitrogens with one attached hydrogen (secondary N) is 1. The molecule has 2 heterocycles. The molecule has 0 aromatic carbocycles. The molecule has 5 nitrogen and oxygen atoms in total. The van der Waals surface area contributed by atoms with E-state index in [1.54, 1.807) is 12.3 Å². The van der Waals surface area contributed by atoms with Crippen LogP contribution in [0, 0.1) is 6.92 Å². The van der Waals surface area contributed by atoms with Crippen LogP contribution in [0.25, 0.3) is 0 Å². The van der Waals surface area contributed by atoms with E-state index in [1.807, 2.05) is 31.2 Å². The summed E-state index contributed by atoms with van der Waals surface area (Å²) >= 11 is 0. The molecule has 0 spiro atoms. The molecule has 116 valence electrons. The lowest BCUT2D eigenvalue weighted by Crippen LogP contribution is -2.25. The van der Waals surface area contributed by atoms with Gasteiger partial charge in [-0.25, -0.2) is 4.98 Å². The normalized spacial score (nSPS) is 10.3. The molecule has 22 heavy (non-hydrogen) atoms. The summed E-state index contributed by atoms with van der Waals surface area (Å²) in [5.74, 6) is 0.754. The van der Waals surface area contributed by atoms with Crippen molar-refractivity contribution >= 4 is 11.7 Å². The van der Waals surface area contributed by atoms with Crippen molar-refractivity contribution in [3.05, 3.63) is 53.5 Å². The lowest BCUT2D eigenvalue weighted by atomic mass is 10.2. The second kappa shape index (κ2) is 7.54. The predicted octanol–water partition coefficient (Wildman–Crippen LogP) is 2.56. The van der Waals surface area contributed by atoms with Gasteiger partial charge in [-0.1, -0.05) is 6.07 Å². The minimum absolute atomic E-state index is 0.137. The minimum atomic E-state index is -0.137. The van der Waals surface area contributed by atoms with Crippen molar-refractivity contribution in [2.75, 3.05) is 18.0 Å². The Morgan fingerprint density at radius 2 is 1.95 bits per heavy atom. The molecular formula is C17H22N4O. The van der Waals surface area contributed by atoms with Crippen LogP contribution in [0.4, 0.5) is 5.82 Å². The summed E-state index contributed by atoms with van der Waals surface area (Å²) in [6, 6.07) is 9.45. The third kappa shape index (κ3) is 4.04. The van der Waals surface area contributed by atoms with E-state index in [0.717, 1.165) is 30.3 Å². The first-order chi connectivity index (χ1) is 10.6. The summed E-state index contributed by atoms with van der Waals surface area (Å²) in [6.45, 7) is 8.31. The number of aryl methyl sites for hydroxylation is 1. The quantitative estimate of drug-likeness (QED) is 0.890. The Morgan fingerprint density at radius 3 is 2.55 bits per heavy atom. The van der Waals surface area contributed by atoms with Gasteiger partial charge in [0.2, 0.25) is 0 Å². The Kier molecular flexibility index (Phi) is 5.47. The predicted molar refractivity (Wildman–Crippen MR) is 87.9 cm³/mol. The Morgan fingerprint density at radius 1 is 1.18 bits per heavy atom. The molecule has 1 N–H and O–H groups in total. The van der Waals surface area contributed by atoms with Crippen molar-refractivity contribution < 1.29 is 4.79 Å². The van der Waals surface area contributed by atoms with Gasteiger partial charge in [-0.2, -0.15) is 0 Å². The number of hydrogen-bond acceptors (Lipinski definition) is 4. The SMILES string of the molecule is CCN(CC)c1ccc(C(=O)NCc2cccc(C)n2)cn1. The number of hydrogen-bond donors (Lipinski definition) is 1. The Labute approximate surface area is 131 Å². The second-order valence-corrected chi connectivity index (χ2v) is 5.03. The Hall–Kier alpha value is -2.43. The van der Waals surface area contributed by atoms with Crippen molar-refractivity contribution in [1.82, 2.24) is 15.3 Å². The van der Waals surface area contributed by atoms with Crippen molar-refractivity contribution in [1.29, 1.82) is 0 Å². The maximum absolute atomic E-state index is 12.1. The molecule has 2 aromatic rings. The third-order valence-corrected chi connectivity index (χ3v) is 3.47. The number of rotatable bonds is 6. The van der Waals surface area contributed by atoms with E-state index in [9.17, 15) is 4.79 Å². The molecule has 0 radical (unpaired) electrons. The molecule has 0 atom stereocenters. The lowest BCUT2D eigenvalue weighted by molar-refractivity contribution is 0.0950. The summed E-state index contributed by atoms with van der Waals surface area (Å²) < 4.78 is 0. The van der Waals surface area contributed by atoms with Crippen molar-refractivity contribution in [2.24, 2.45) is 0 Å². The van der Waals surface area contributed by atoms with Gasteiger partial charge in [0.25, 0.3) is 5.91 Å². The summed E-state index contributed by atoms with van der Waals surface area (Å²) in [5, 5.41) is 2.86. The van der Waals surface area contributed by atoms with Crippen molar-refractivity contribution in [3.63, 3.8) is 0 Å². The summed E-state index contributed by atoms with van der Waals surface area (Å²) in [7, 11) is 0. The van der Waals surface area contributed by atoms with Gasteiger partial charge in [0.05, 0.1) is 17.8 Å². The number of amides is 1. The zero-order valence-corrected chi connectivity index (χ0v) is 13.3. The second-order valence-electron chi connectivity index (χ2n) is 5.03. The molecule has 1 amide bonds. The van der Waals surface area contributed by atoms with Crippen LogP contribution in [-0.4, -0.2) is 29.0 Å². The standard InChI is InChI=1S/C17H22N4O/c1-4-21(5-2)16-10-9-14(11-18-16)17(22)19-12-15-8-6-7-13(3)20-15/h6-11H,4-5,12H2,1-3H3,(H,19,22). The number of carbonyl (C=O) groups excluding carboxylic acids is 1. The van der Waals surface area contributed by atoms with Gasteiger partial charge in [-0.15, -0.1) is 0 Å². The molecule has 0 bridgehead atoms. The molecule has 0 aliphatic rings. The summed E-state index contributed by atoms with van der Waals surface area (Å²) in [6.07, 6.45) is 1.62. The Bertz CT molecular complexity index is 621. The van der Waals surface area contributed by atoms with Gasteiger partial charge in [0, 0.05) is 25.0 Å². The van der Waals surface area contributed by atoms with Crippen LogP contribution in [0.1, 0.15) is 35.6 Å². The average Bonchev–Trinajstić information content (AvgIpc) is 2.54. The Balaban J connectivity index is 1.98. The molecule has 0 aliphatic heterocycles. The van der Waals surface area contributed by atoms with E-state index in [4.69, 9.17) is 0 Å². The fourth-order valence-electron chi connectivity index (χ4n) is 2.23. The molecule has 0 saturated carbocycles. The van der Waals surface area contributed by atoms with Crippen LogP contribution in [0.15, 0.2) is 36.5 Å². The molecule has 0 unspecified atom stereocenters. The molecule has 5 heteroatoms. The number of pyridine rings is 2. The highest BCUT2D eigenvalue weighted by atomic mass is 16.1. The van der Waals surface area contributed by atoms with E-state index in [0.29, 0.717) is 12.1 Å². The van der Waals surface area contributed by atoms with E-state index in [1.165, 1.54) is 0 Å². The van der Waals surface area contributed by atoms with Crippen LogP contribution >= 0.6 is 0 Å². The minimum Gasteiger partial charge on any atom is -0.357 e. The maximum atomic E-state index is 12.1. The van der Waals surface area contributed by atoms with E-state index < -0.39 is 0 Å². The van der Waals surface area contributed by atoms with Crippen LogP contribution in [-0.2, 0) is 6.54 Å². The van der Waals surface area contributed by atoms with Crippen LogP contribution in [0.2, 0.25) is 0 Å². The van der Waals surface area contributed by atoms with Crippen LogP contribution in [0.5, 0.6) is 0 Å². The molecular weight excluding hydrogens is 276 g/mol. The first kappa shape index (κ1) is 15.9. The number of aromatic nitrogens is 2. The fourth-order valence-corrected chi connectivity index (χ4v) is 2.23. The van der Waals surface area contributed by atoms with Crippen molar-refractivity contribution in [2.45, 2.75) is 27.3 Å². The molecule has 0 saturated heterocycles. The average molecular weight is 298 g/mol. The first-order valence-corrected chi connectivity index (χ1v) is 7.55. The first-order valence-electron chi connectivity index (χ1n) is 7.55. The van der Waals surface area contributed by atoms with Gasteiger partial charge in [0.1, 0.15) is 5.82 Å². The smallest absolute Gasteiger partial charge is 0.253 e. The molecule has 2 rings (SSSR count). The zero-order chi connectivity index (χ0) is 15.9. The highest BCUT2D eigenvalue weighted by Gasteiger charge is 2.08. The number of nitrogens with zero attached hydrogens (tertiary/aromatic N) is 3. The third-order valence-electron chi connectivity index (χ3n) is 3.47. The largest absolute Gasteiger partial charge is 0.357 e. The lowest BCUT2D eigenvalue weighted by Gasteiger charge is -2.19. The highest BCUT2D eigenvalue weighted by Crippen LogP contribution is 2.11. The molecule has 2 aromatic heterocycles. The number of carbonyl (C=O) groups is 1. The van der Waals surface area contributed by atoms with Crippen molar-refractivity contribution in [3.8, 4) is 0 Å². The fraction of sp³-hybridized carbons (Fsp3) is 0.353. The van der Waals surface area contributed by atoms with Gasteiger partial charge < -0.3 is 10.2 Å². The molecule has 0 fully saturated rings. The highest BCUT2D eigenvalue weighted by molar-refractivity contribution is 5.93. The summed E-state index contributed by atoms with van der Waals surface area (Å²) in [4.78, 5) is 23.0.